The first-order chi connectivity index (χ1) is 7.40. The van der Waals surface area contributed by atoms with Crippen LogP contribution in [0.5, 0.6) is 0 Å². The molecule has 0 fully saturated rings. The summed E-state index contributed by atoms with van der Waals surface area (Å²) in [5.74, 6) is 0.536. The van der Waals surface area contributed by atoms with E-state index in [1.54, 1.807) is 17.5 Å². The summed E-state index contributed by atoms with van der Waals surface area (Å²) in [5, 5.41) is 13.9. The summed E-state index contributed by atoms with van der Waals surface area (Å²) in [5.41, 5.74) is 0.328. The number of hydrogen-bond donors (Lipinski definition) is 1. The number of thiophene rings is 1. The number of nitriles is 1. The summed E-state index contributed by atoms with van der Waals surface area (Å²) < 4.78 is 0. The van der Waals surface area contributed by atoms with Gasteiger partial charge in [-0.25, -0.2) is 9.97 Å². The third-order valence-electron chi connectivity index (χ3n) is 1.81. The number of nitrogens with zero attached hydrogens (tertiary/aromatic N) is 3. The van der Waals surface area contributed by atoms with Crippen molar-refractivity contribution >= 4 is 17.2 Å². The monoisotopic (exact) mass is 216 g/mol. The lowest BCUT2D eigenvalue weighted by molar-refractivity contribution is 1.09. The molecule has 74 valence electrons. The van der Waals surface area contributed by atoms with E-state index in [1.807, 2.05) is 23.6 Å². The molecule has 0 radical (unpaired) electrons. The molecule has 0 amide bonds. The molecular weight excluding hydrogens is 208 g/mol. The largest absolute Gasteiger partial charge is 0.363 e. The van der Waals surface area contributed by atoms with Crippen LogP contribution in [0, 0.1) is 11.3 Å². The van der Waals surface area contributed by atoms with E-state index in [4.69, 9.17) is 5.26 Å². The molecule has 0 unspecified atom stereocenters. The molecule has 15 heavy (non-hydrogen) atoms. The van der Waals surface area contributed by atoms with E-state index in [-0.39, 0.29) is 0 Å². The van der Waals surface area contributed by atoms with Gasteiger partial charge in [0.2, 0.25) is 0 Å². The fraction of sp³-hybridized carbons (Fsp3) is 0.100. The number of rotatable bonds is 3. The highest BCUT2D eigenvalue weighted by Gasteiger charge is 2.03. The van der Waals surface area contributed by atoms with Gasteiger partial charge in [-0.2, -0.15) is 5.26 Å². The summed E-state index contributed by atoms with van der Waals surface area (Å²) >= 11 is 1.66. The van der Waals surface area contributed by atoms with Gasteiger partial charge < -0.3 is 5.32 Å². The second-order valence-corrected chi connectivity index (χ2v) is 3.83. The molecule has 0 saturated carbocycles. The summed E-state index contributed by atoms with van der Waals surface area (Å²) in [6, 6.07) is 6.01. The Hall–Kier alpha value is -1.93. The Morgan fingerprint density at radius 3 is 3.00 bits per heavy atom. The van der Waals surface area contributed by atoms with Crippen LogP contribution < -0.4 is 5.32 Å². The van der Waals surface area contributed by atoms with E-state index in [0.717, 1.165) is 0 Å². The van der Waals surface area contributed by atoms with Crippen LogP contribution in [0.15, 0.2) is 29.9 Å². The third kappa shape index (κ3) is 2.30. The van der Waals surface area contributed by atoms with Crippen molar-refractivity contribution in [2.45, 2.75) is 6.54 Å². The Bertz CT molecular complexity index is 472. The fourth-order valence-electron chi connectivity index (χ4n) is 1.13. The normalized spacial score (nSPS) is 9.53. The molecular formula is C10H8N4S. The number of hydrogen-bond acceptors (Lipinski definition) is 5. The minimum Gasteiger partial charge on any atom is -0.363 e. The van der Waals surface area contributed by atoms with Crippen LogP contribution in [-0.2, 0) is 6.54 Å². The van der Waals surface area contributed by atoms with E-state index in [1.165, 1.54) is 11.1 Å². The van der Waals surface area contributed by atoms with Gasteiger partial charge in [0.15, 0.2) is 11.5 Å². The molecule has 5 heteroatoms. The van der Waals surface area contributed by atoms with Crippen LogP contribution in [0.25, 0.3) is 0 Å². The highest BCUT2D eigenvalue weighted by Crippen LogP contribution is 2.12. The molecule has 0 aliphatic carbocycles. The van der Waals surface area contributed by atoms with Crippen LogP contribution >= 0.6 is 11.3 Å². The van der Waals surface area contributed by atoms with Crippen molar-refractivity contribution in [2.75, 3.05) is 5.32 Å². The zero-order valence-corrected chi connectivity index (χ0v) is 8.66. The van der Waals surface area contributed by atoms with E-state index >= 15 is 0 Å². The maximum atomic E-state index is 8.79. The lowest BCUT2D eigenvalue weighted by Crippen LogP contribution is -2.03. The van der Waals surface area contributed by atoms with E-state index in [9.17, 15) is 0 Å². The first kappa shape index (κ1) is 9.62. The molecule has 2 aromatic rings. The van der Waals surface area contributed by atoms with Gasteiger partial charge >= 0.3 is 0 Å². The predicted molar refractivity (Wildman–Crippen MR) is 58.4 cm³/mol. The predicted octanol–water partition coefficient (Wildman–Crippen LogP) is 2.02. The van der Waals surface area contributed by atoms with Gasteiger partial charge in [-0.3, -0.25) is 0 Å². The zero-order chi connectivity index (χ0) is 10.5. The Labute approximate surface area is 91.2 Å². The van der Waals surface area contributed by atoms with Gasteiger partial charge in [0.05, 0.1) is 6.54 Å². The summed E-state index contributed by atoms with van der Waals surface area (Å²) in [4.78, 5) is 9.17. The average molecular weight is 216 g/mol. The highest BCUT2D eigenvalue weighted by molar-refractivity contribution is 7.09. The van der Waals surface area contributed by atoms with E-state index < -0.39 is 0 Å². The lowest BCUT2D eigenvalue weighted by atomic mass is 10.4. The Balaban J connectivity index is 2.08. The van der Waals surface area contributed by atoms with E-state index in [2.05, 4.69) is 15.3 Å². The van der Waals surface area contributed by atoms with Crippen molar-refractivity contribution in [3.63, 3.8) is 0 Å². The number of nitrogens with one attached hydrogen (secondary N) is 1. The van der Waals surface area contributed by atoms with Gasteiger partial charge in [0.1, 0.15) is 6.07 Å². The Morgan fingerprint density at radius 2 is 2.27 bits per heavy atom. The third-order valence-corrected chi connectivity index (χ3v) is 2.69. The highest BCUT2D eigenvalue weighted by atomic mass is 32.1. The molecule has 0 bridgehead atoms. The first-order valence-corrected chi connectivity index (χ1v) is 5.25. The molecule has 0 atom stereocenters. The van der Waals surface area contributed by atoms with Crippen molar-refractivity contribution < 1.29 is 0 Å². The fourth-order valence-corrected chi connectivity index (χ4v) is 1.78. The maximum absolute atomic E-state index is 8.79. The van der Waals surface area contributed by atoms with Crippen LogP contribution in [0.4, 0.5) is 5.82 Å². The summed E-state index contributed by atoms with van der Waals surface area (Å²) in [6.45, 7) is 0.672. The smallest absolute Gasteiger partial charge is 0.182 e. The molecule has 0 saturated heterocycles. The maximum Gasteiger partial charge on any atom is 0.182 e. The van der Waals surface area contributed by atoms with Gasteiger partial charge in [0.25, 0.3) is 0 Å². The molecule has 0 aliphatic heterocycles. The van der Waals surface area contributed by atoms with Gasteiger partial charge in [-0.05, 0) is 11.4 Å². The minimum absolute atomic E-state index is 0.328. The summed E-state index contributed by atoms with van der Waals surface area (Å²) in [6.07, 6.45) is 3.08. The van der Waals surface area contributed by atoms with Crippen molar-refractivity contribution in [1.29, 1.82) is 5.26 Å². The van der Waals surface area contributed by atoms with Gasteiger partial charge in [-0.1, -0.05) is 6.07 Å². The molecule has 2 heterocycles. The molecule has 4 nitrogen and oxygen atoms in total. The first-order valence-electron chi connectivity index (χ1n) is 4.37. The second kappa shape index (κ2) is 4.53. The quantitative estimate of drug-likeness (QED) is 0.852. The Morgan fingerprint density at radius 1 is 1.40 bits per heavy atom. The van der Waals surface area contributed by atoms with E-state index in [0.29, 0.717) is 18.1 Å². The molecule has 0 spiro atoms. The average Bonchev–Trinajstić information content (AvgIpc) is 2.79. The topological polar surface area (TPSA) is 61.6 Å². The van der Waals surface area contributed by atoms with Crippen molar-refractivity contribution in [3.05, 3.63) is 40.5 Å². The second-order valence-electron chi connectivity index (χ2n) is 2.80. The van der Waals surface area contributed by atoms with Gasteiger partial charge in [0, 0.05) is 17.3 Å². The van der Waals surface area contributed by atoms with Crippen molar-refractivity contribution in [2.24, 2.45) is 0 Å². The van der Waals surface area contributed by atoms with Crippen LogP contribution in [0.1, 0.15) is 10.6 Å². The molecule has 1 N–H and O–H groups in total. The van der Waals surface area contributed by atoms with Crippen molar-refractivity contribution in [3.8, 4) is 6.07 Å². The number of anilines is 1. The Kier molecular flexibility index (Phi) is 2.90. The minimum atomic E-state index is 0.328. The molecule has 0 aromatic carbocycles. The standard InChI is InChI=1S/C10H8N4S/c11-6-9-10(13-4-3-12-9)14-7-8-2-1-5-15-8/h1-5H,7H2,(H,13,14). The van der Waals surface area contributed by atoms with Crippen LogP contribution in [0.2, 0.25) is 0 Å². The summed E-state index contributed by atoms with van der Waals surface area (Å²) in [7, 11) is 0. The molecule has 0 aliphatic rings. The van der Waals surface area contributed by atoms with Crippen LogP contribution in [0.3, 0.4) is 0 Å². The number of aromatic nitrogens is 2. The SMILES string of the molecule is N#Cc1nccnc1NCc1cccs1. The zero-order valence-electron chi connectivity index (χ0n) is 7.84. The van der Waals surface area contributed by atoms with Crippen LogP contribution in [-0.4, -0.2) is 9.97 Å². The molecule has 2 aromatic heterocycles. The molecule has 2 rings (SSSR count). The van der Waals surface area contributed by atoms with Gasteiger partial charge in [-0.15, -0.1) is 11.3 Å². The van der Waals surface area contributed by atoms with Crippen molar-refractivity contribution in [1.82, 2.24) is 9.97 Å². The lowest BCUT2D eigenvalue weighted by Gasteiger charge is -2.03.